The smallest absolute Gasteiger partial charge is 0.251 e. The fourth-order valence-electron chi connectivity index (χ4n) is 4.61. The molecule has 0 radical (unpaired) electrons. The van der Waals surface area contributed by atoms with Crippen LogP contribution in [0, 0.1) is 18.7 Å². The van der Waals surface area contributed by atoms with Crippen LogP contribution in [0.2, 0.25) is 0 Å². The lowest BCUT2D eigenvalue weighted by Crippen LogP contribution is -2.38. The lowest BCUT2D eigenvalue weighted by atomic mass is 9.99. The van der Waals surface area contributed by atoms with E-state index in [9.17, 15) is 9.18 Å². The number of amides is 1. The molecule has 4 aromatic rings. The molecule has 1 saturated heterocycles. The number of aromatic nitrogens is 3. The van der Waals surface area contributed by atoms with Gasteiger partial charge in [-0.25, -0.2) is 14.4 Å². The molecule has 1 fully saturated rings. The minimum Gasteiger partial charge on any atom is -0.494 e. The van der Waals surface area contributed by atoms with Gasteiger partial charge < -0.3 is 20.7 Å². The Kier molecular flexibility index (Phi) is 6.81. The van der Waals surface area contributed by atoms with E-state index in [2.05, 4.69) is 25.9 Å². The molecule has 1 aliphatic rings. The molecule has 0 spiro atoms. The largest absolute Gasteiger partial charge is 0.494 e. The molecule has 2 aromatic carbocycles. The first-order valence-electron chi connectivity index (χ1n) is 12.1. The summed E-state index contributed by atoms with van der Waals surface area (Å²) in [4.78, 5) is 21.7. The summed E-state index contributed by atoms with van der Waals surface area (Å²) in [6.07, 6.45) is 7.41. The summed E-state index contributed by atoms with van der Waals surface area (Å²) in [7, 11) is 1.44. The maximum atomic E-state index is 14.3. The monoisotopic (exact) mass is 488 g/mol. The summed E-state index contributed by atoms with van der Waals surface area (Å²) in [5, 5.41) is 9.75. The van der Waals surface area contributed by atoms with Gasteiger partial charge in [0.2, 0.25) is 0 Å². The van der Waals surface area contributed by atoms with Crippen molar-refractivity contribution in [3.8, 4) is 17.0 Å². The second-order valence-corrected chi connectivity index (χ2v) is 9.04. The molecular formula is C27H29FN6O2. The van der Waals surface area contributed by atoms with Gasteiger partial charge in [0.25, 0.3) is 5.91 Å². The molecule has 3 N–H and O–H groups in total. The molecule has 0 aliphatic carbocycles. The third kappa shape index (κ3) is 4.87. The fraction of sp³-hybridized carbons (Fsp3) is 0.296. The fourth-order valence-corrected chi connectivity index (χ4v) is 4.61. The Morgan fingerprint density at radius 3 is 2.89 bits per heavy atom. The summed E-state index contributed by atoms with van der Waals surface area (Å²) >= 11 is 0. The number of imidazole rings is 1. The number of carbonyl (C=O) groups is 1. The second kappa shape index (κ2) is 10.3. The highest BCUT2D eigenvalue weighted by Crippen LogP contribution is 2.28. The number of hydrogen-bond donors (Lipinski definition) is 3. The highest BCUT2D eigenvalue weighted by Gasteiger charge is 2.17. The molecule has 36 heavy (non-hydrogen) atoms. The van der Waals surface area contributed by atoms with Gasteiger partial charge in [-0.15, -0.1) is 0 Å². The van der Waals surface area contributed by atoms with Crippen LogP contribution in [-0.2, 0) is 0 Å². The summed E-state index contributed by atoms with van der Waals surface area (Å²) in [5.41, 5.74) is 4.32. The molecule has 1 atom stereocenters. The van der Waals surface area contributed by atoms with Crippen LogP contribution >= 0.6 is 0 Å². The SMILES string of the molecule is COc1ccc(-c2cnc3c(Nc4ccc(C(=O)NCC5CCCNC5)c(C)c4)nccn23)cc1F. The van der Waals surface area contributed by atoms with Gasteiger partial charge in [0.05, 0.1) is 19.0 Å². The van der Waals surface area contributed by atoms with E-state index in [0.29, 0.717) is 35.1 Å². The molecule has 9 heteroatoms. The van der Waals surface area contributed by atoms with Crippen molar-refractivity contribution in [3.63, 3.8) is 0 Å². The van der Waals surface area contributed by atoms with Gasteiger partial charge >= 0.3 is 0 Å². The molecule has 0 saturated carbocycles. The predicted octanol–water partition coefficient (Wildman–Crippen LogP) is 4.33. The van der Waals surface area contributed by atoms with Crippen LogP contribution in [0.3, 0.4) is 0 Å². The Bertz CT molecular complexity index is 1400. The normalized spacial score (nSPS) is 15.6. The Morgan fingerprint density at radius 1 is 1.25 bits per heavy atom. The van der Waals surface area contributed by atoms with Gasteiger partial charge in [0.1, 0.15) is 0 Å². The maximum absolute atomic E-state index is 14.3. The number of nitrogens with zero attached hydrogens (tertiary/aromatic N) is 3. The van der Waals surface area contributed by atoms with E-state index in [0.717, 1.165) is 42.9 Å². The van der Waals surface area contributed by atoms with Gasteiger partial charge in [-0.3, -0.25) is 9.20 Å². The number of methoxy groups -OCH3 is 1. The molecule has 8 nitrogen and oxygen atoms in total. The van der Waals surface area contributed by atoms with E-state index in [1.54, 1.807) is 30.7 Å². The molecular weight excluding hydrogens is 459 g/mol. The molecule has 3 heterocycles. The van der Waals surface area contributed by atoms with Gasteiger partial charge in [-0.1, -0.05) is 0 Å². The van der Waals surface area contributed by atoms with Gasteiger partial charge in [-0.2, -0.15) is 0 Å². The highest BCUT2D eigenvalue weighted by molar-refractivity contribution is 5.96. The lowest BCUT2D eigenvalue weighted by molar-refractivity contribution is 0.0944. The van der Waals surface area contributed by atoms with Gasteiger partial charge in [0, 0.05) is 35.8 Å². The summed E-state index contributed by atoms with van der Waals surface area (Å²) in [6.45, 7) is 4.60. The zero-order valence-electron chi connectivity index (χ0n) is 20.3. The molecule has 2 aromatic heterocycles. The minimum absolute atomic E-state index is 0.0607. The maximum Gasteiger partial charge on any atom is 0.251 e. The molecule has 186 valence electrons. The Morgan fingerprint density at radius 2 is 2.14 bits per heavy atom. The van der Waals surface area contributed by atoms with E-state index in [-0.39, 0.29) is 11.7 Å². The summed E-state index contributed by atoms with van der Waals surface area (Å²) in [5.74, 6) is 0.723. The first-order chi connectivity index (χ1) is 17.5. The van der Waals surface area contributed by atoms with Crippen LogP contribution in [0.1, 0.15) is 28.8 Å². The lowest BCUT2D eigenvalue weighted by Gasteiger charge is -2.23. The Labute approximate surface area is 208 Å². The van der Waals surface area contributed by atoms with E-state index >= 15 is 0 Å². The number of hydrogen-bond acceptors (Lipinski definition) is 6. The van der Waals surface area contributed by atoms with Crippen LogP contribution in [0.15, 0.2) is 55.0 Å². The average Bonchev–Trinajstić information content (AvgIpc) is 3.33. The highest BCUT2D eigenvalue weighted by atomic mass is 19.1. The predicted molar refractivity (Wildman–Crippen MR) is 137 cm³/mol. The molecule has 0 bridgehead atoms. The van der Waals surface area contributed by atoms with Crippen molar-refractivity contribution in [1.29, 1.82) is 0 Å². The first-order valence-corrected chi connectivity index (χ1v) is 12.1. The zero-order valence-corrected chi connectivity index (χ0v) is 20.3. The number of piperidine rings is 1. The molecule has 1 aliphatic heterocycles. The van der Waals surface area contributed by atoms with Crippen molar-refractivity contribution in [1.82, 2.24) is 25.0 Å². The topological polar surface area (TPSA) is 92.6 Å². The molecule has 5 rings (SSSR count). The quantitative estimate of drug-likeness (QED) is 0.359. The number of halogens is 1. The summed E-state index contributed by atoms with van der Waals surface area (Å²) < 4.78 is 21.1. The zero-order chi connectivity index (χ0) is 25.1. The Hall–Kier alpha value is -3.98. The molecule has 1 amide bonds. The minimum atomic E-state index is -0.438. The molecule has 1 unspecified atom stereocenters. The number of rotatable bonds is 7. The number of anilines is 2. The number of benzene rings is 2. The third-order valence-corrected chi connectivity index (χ3v) is 6.56. The van der Waals surface area contributed by atoms with Gasteiger partial charge in [-0.05, 0) is 80.7 Å². The van der Waals surface area contributed by atoms with E-state index in [4.69, 9.17) is 4.74 Å². The van der Waals surface area contributed by atoms with Crippen LogP contribution in [0.5, 0.6) is 5.75 Å². The second-order valence-electron chi connectivity index (χ2n) is 9.04. The van der Waals surface area contributed by atoms with Crippen molar-refractivity contribution in [3.05, 3.63) is 71.9 Å². The number of carbonyl (C=O) groups excluding carboxylic acids is 1. The van der Waals surface area contributed by atoms with Crippen LogP contribution in [0.25, 0.3) is 16.9 Å². The number of fused-ring (bicyclic) bond motifs is 1. The van der Waals surface area contributed by atoms with Crippen LogP contribution in [0.4, 0.5) is 15.9 Å². The van der Waals surface area contributed by atoms with Crippen molar-refractivity contribution >= 4 is 23.1 Å². The first kappa shape index (κ1) is 23.7. The van der Waals surface area contributed by atoms with E-state index in [1.165, 1.54) is 13.2 Å². The van der Waals surface area contributed by atoms with Crippen LogP contribution in [-0.4, -0.2) is 47.0 Å². The third-order valence-electron chi connectivity index (χ3n) is 6.56. The van der Waals surface area contributed by atoms with Gasteiger partial charge in [0.15, 0.2) is 23.0 Å². The Balaban J connectivity index is 1.33. The number of ether oxygens (including phenoxy) is 1. The number of aryl methyl sites for hydroxylation is 1. The van der Waals surface area contributed by atoms with Crippen molar-refractivity contribution in [2.45, 2.75) is 19.8 Å². The average molecular weight is 489 g/mol. The number of nitrogens with one attached hydrogen (secondary N) is 3. The van der Waals surface area contributed by atoms with E-state index < -0.39 is 5.82 Å². The van der Waals surface area contributed by atoms with Crippen molar-refractivity contribution < 1.29 is 13.9 Å². The standard InChI is InChI=1S/C27H29FN6O2/c1-17-12-20(6-7-21(17)27(35)32-15-18-4-3-9-29-14-18)33-25-26-31-16-23(34(26)11-10-30-25)19-5-8-24(36-2)22(28)13-19/h5-8,10-13,16,18,29H,3-4,9,14-15H2,1-2H3,(H,30,33)(H,32,35). The van der Waals surface area contributed by atoms with Crippen molar-refractivity contribution in [2.24, 2.45) is 5.92 Å². The van der Waals surface area contributed by atoms with Crippen LogP contribution < -0.4 is 20.7 Å². The summed E-state index contributed by atoms with van der Waals surface area (Å²) in [6, 6.07) is 10.4. The van der Waals surface area contributed by atoms with E-state index in [1.807, 2.05) is 29.5 Å². The van der Waals surface area contributed by atoms with Crippen molar-refractivity contribution in [2.75, 3.05) is 32.1 Å².